The predicted octanol–water partition coefficient (Wildman–Crippen LogP) is 1.83. The first-order valence-electron chi connectivity index (χ1n) is 9.57. The van der Waals surface area contributed by atoms with Crippen molar-refractivity contribution in [2.24, 2.45) is 5.92 Å². The third-order valence-electron chi connectivity index (χ3n) is 5.18. The monoisotopic (exact) mass is 387 g/mol. The quantitative estimate of drug-likeness (QED) is 0.791. The summed E-state index contributed by atoms with van der Waals surface area (Å²) in [5, 5.41) is 0. The van der Waals surface area contributed by atoms with Crippen LogP contribution in [0.2, 0.25) is 0 Å². The molecule has 0 aromatic carbocycles. The molecule has 1 amide bonds. The summed E-state index contributed by atoms with van der Waals surface area (Å²) in [5.74, 6) is 0.116. The summed E-state index contributed by atoms with van der Waals surface area (Å²) in [6.45, 7) is 6.72. The fraction of sp³-hybridized carbons (Fsp3) is 0.550. The van der Waals surface area contributed by atoms with Crippen LogP contribution in [0.3, 0.4) is 0 Å². The molecule has 28 heavy (non-hydrogen) atoms. The van der Waals surface area contributed by atoms with Crippen LogP contribution in [-0.2, 0) is 25.4 Å². The maximum Gasteiger partial charge on any atom is 0.282 e. The molecule has 0 unspecified atom stereocenters. The Morgan fingerprint density at radius 1 is 1.21 bits per heavy atom. The van der Waals surface area contributed by atoms with E-state index >= 15 is 0 Å². The van der Waals surface area contributed by atoms with Crippen molar-refractivity contribution < 1.29 is 23.4 Å². The highest BCUT2D eigenvalue weighted by atomic mass is 16.7. The van der Waals surface area contributed by atoms with E-state index in [-0.39, 0.29) is 11.8 Å². The van der Waals surface area contributed by atoms with Gasteiger partial charge in [-0.25, -0.2) is 4.98 Å². The Bertz CT molecular complexity index is 809. The van der Waals surface area contributed by atoms with Gasteiger partial charge in [-0.05, 0) is 26.0 Å². The normalized spacial score (nSPS) is 25.6. The van der Waals surface area contributed by atoms with E-state index in [4.69, 9.17) is 18.6 Å². The van der Waals surface area contributed by atoms with Gasteiger partial charge in [0.05, 0.1) is 32.1 Å². The summed E-state index contributed by atoms with van der Waals surface area (Å²) in [6, 6.07) is 3.73. The van der Waals surface area contributed by atoms with Crippen LogP contribution < -0.4 is 0 Å². The Hall–Kier alpha value is -2.29. The molecule has 2 fully saturated rings. The molecule has 8 heteroatoms. The molecule has 0 spiro atoms. The zero-order chi connectivity index (χ0) is 19.6. The van der Waals surface area contributed by atoms with E-state index in [0.29, 0.717) is 51.8 Å². The summed E-state index contributed by atoms with van der Waals surface area (Å²) in [6.07, 6.45) is 4.09. The van der Waals surface area contributed by atoms with Gasteiger partial charge in [-0.3, -0.25) is 9.78 Å². The highest BCUT2D eigenvalue weighted by Crippen LogP contribution is 2.28. The SMILES string of the molecule is Cc1oc(-c2ccncc2)nc1CC1COC(C)(C(=O)N2CCOCC2)OC1. The van der Waals surface area contributed by atoms with Crippen molar-refractivity contribution in [2.75, 3.05) is 39.5 Å². The number of aryl methyl sites for hydroxylation is 1. The number of rotatable bonds is 4. The Labute approximate surface area is 163 Å². The van der Waals surface area contributed by atoms with E-state index in [0.717, 1.165) is 17.0 Å². The summed E-state index contributed by atoms with van der Waals surface area (Å²) >= 11 is 0. The van der Waals surface area contributed by atoms with Crippen LogP contribution in [0.5, 0.6) is 0 Å². The average molecular weight is 387 g/mol. The number of hydrogen-bond acceptors (Lipinski definition) is 7. The van der Waals surface area contributed by atoms with Gasteiger partial charge in [0.15, 0.2) is 0 Å². The predicted molar refractivity (Wildman–Crippen MR) is 99.4 cm³/mol. The second-order valence-corrected chi connectivity index (χ2v) is 7.30. The second-order valence-electron chi connectivity index (χ2n) is 7.30. The number of carbonyl (C=O) groups excluding carboxylic acids is 1. The molecule has 2 aliphatic rings. The van der Waals surface area contributed by atoms with Crippen LogP contribution in [-0.4, -0.2) is 66.1 Å². The molecule has 0 aliphatic carbocycles. The molecule has 4 heterocycles. The third-order valence-corrected chi connectivity index (χ3v) is 5.18. The van der Waals surface area contributed by atoms with Gasteiger partial charge in [0.1, 0.15) is 5.76 Å². The topological polar surface area (TPSA) is 86.9 Å². The van der Waals surface area contributed by atoms with Gasteiger partial charge < -0.3 is 23.5 Å². The van der Waals surface area contributed by atoms with Crippen LogP contribution in [0.15, 0.2) is 28.9 Å². The molecule has 8 nitrogen and oxygen atoms in total. The first-order valence-corrected chi connectivity index (χ1v) is 9.57. The van der Waals surface area contributed by atoms with Crippen molar-refractivity contribution in [3.63, 3.8) is 0 Å². The lowest BCUT2D eigenvalue weighted by molar-refractivity contribution is -0.267. The molecule has 0 bridgehead atoms. The molecule has 4 rings (SSSR count). The van der Waals surface area contributed by atoms with E-state index in [1.54, 1.807) is 24.2 Å². The smallest absolute Gasteiger partial charge is 0.282 e. The number of pyridine rings is 1. The van der Waals surface area contributed by atoms with Crippen LogP contribution >= 0.6 is 0 Å². The number of ether oxygens (including phenoxy) is 3. The maximum atomic E-state index is 12.7. The number of carbonyl (C=O) groups is 1. The molecule has 0 saturated carbocycles. The standard InChI is InChI=1S/C20H25N3O5/c1-14-17(22-18(28-14)16-3-5-21-6-4-16)11-15-12-26-20(2,27-13-15)19(24)23-7-9-25-10-8-23/h3-6,15H,7-13H2,1-2H3. The number of amides is 1. The van der Waals surface area contributed by atoms with Gasteiger partial charge in [0.25, 0.3) is 5.91 Å². The first-order chi connectivity index (χ1) is 13.5. The highest BCUT2D eigenvalue weighted by molar-refractivity contribution is 5.83. The largest absolute Gasteiger partial charge is 0.441 e. The van der Waals surface area contributed by atoms with Crippen LogP contribution in [0, 0.1) is 12.8 Å². The van der Waals surface area contributed by atoms with E-state index in [1.807, 2.05) is 19.1 Å². The Morgan fingerprint density at radius 3 is 2.57 bits per heavy atom. The zero-order valence-corrected chi connectivity index (χ0v) is 16.2. The van der Waals surface area contributed by atoms with E-state index in [1.165, 1.54) is 0 Å². The van der Waals surface area contributed by atoms with Crippen molar-refractivity contribution in [3.05, 3.63) is 36.0 Å². The lowest BCUT2D eigenvalue weighted by Crippen LogP contribution is -2.56. The van der Waals surface area contributed by atoms with E-state index < -0.39 is 5.79 Å². The van der Waals surface area contributed by atoms with Crippen LogP contribution in [0.4, 0.5) is 0 Å². The summed E-state index contributed by atoms with van der Waals surface area (Å²) in [7, 11) is 0. The minimum absolute atomic E-state index is 0.111. The minimum atomic E-state index is -1.23. The Kier molecular flexibility index (Phi) is 5.43. The molecular weight excluding hydrogens is 362 g/mol. The molecule has 0 radical (unpaired) electrons. The molecule has 2 aliphatic heterocycles. The molecule has 2 aromatic heterocycles. The zero-order valence-electron chi connectivity index (χ0n) is 16.2. The van der Waals surface area contributed by atoms with Gasteiger partial charge in [-0.2, -0.15) is 0 Å². The number of aromatic nitrogens is 2. The number of morpholine rings is 1. The molecule has 2 saturated heterocycles. The number of hydrogen-bond donors (Lipinski definition) is 0. The van der Waals surface area contributed by atoms with Crippen molar-refractivity contribution in [3.8, 4) is 11.5 Å². The highest BCUT2D eigenvalue weighted by Gasteiger charge is 2.43. The van der Waals surface area contributed by atoms with Crippen molar-refractivity contribution in [1.82, 2.24) is 14.9 Å². The fourth-order valence-electron chi connectivity index (χ4n) is 3.45. The minimum Gasteiger partial charge on any atom is -0.441 e. The number of oxazole rings is 1. The van der Waals surface area contributed by atoms with Gasteiger partial charge in [0, 0.05) is 43.4 Å². The fourth-order valence-corrected chi connectivity index (χ4v) is 3.45. The summed E-state index contributed by atoms with van der Waals surface area (Å²) in [5.41, 5.74) is 1.77. The lowest BCUT2D eigenvalue weighted by atomic mass is 10.0. The van der Waals surface area contributed by atoms with Gasteiger partial charge >= 0.3 is 0 Å². The van der Waals surface area contributed by atoms with Gasteiger partial charge in [-0.15, -0.1) is 0 Å². The van der Waals surface area contributed by atoms with Crippen LogP contribution in [0.1, 0.15) is 18.4 Å². The van der Waals surface area contributed by atoms with Crippen molar-refractivity contribution in [2.45, 2.75) is 26.1 Å². The number of nitrogens with zero attached hydrogens (tertiary/aromatic N) is 3. The second kappa shape index (κ2) is 7.98. The van der Waals surface area contributed by atoms with Crippen LogP contribution in [0.25, 0.3) is 11.5 Å². The van der Waals surface area contributed by atoms with Gasteiger partial charge in [-0.1, -0.05) is 0 Å². The molecule has 0 N–H and O–H groups in total. The molecular formula is C20H25N3O5. The Balaban J connectivity index is 1.37. The Morgan fingerprint density at radius 2 is 1.89 bits per heavy atom. The maximum absolute atomic E-state index is 12.7. The van der Waals surface area contributed by atoms with Crippen molar-refractivity contribution >= 4 is 5.91 Å². The molecule has 2 aromatic rings. The molecule has 150 valence electrons. The average Bonchev–Trinajstić information content (AvgIpc) is 3.11. The molecule has 0 atom stereocenters. The van der Waals surface area contributed by atoms with Crippen molar-refractivity contribution in [1.29, 1.82) is 0 Å². The third kappa shape index (κ3) is 3.94. The van der Waals surface area contributed by atoms with Gasteiger partial charge in [0.2, 0.25) is 11.7 Å². The first kappa shape index (κ1) is 19.0. The van der Waals surface area contributed by atoms with E-state index in [9.17, 15) is 4.79 Å². The lowest BCUT2D eigenvalue weighted by Gasteiger charge is -2.40. The summed E-state index contributed by atoms with van der Waals surface area (Å²) in [4.78, 5) is 23.1. The summed E-state index contributed by atoms with van der Waals surface area (Å²) < 4.78 is 22.9. The van der Waals surface area contributed by atoms with E-state index in [2.05, 4.69) is 9.97 Å².